The monoisotopic (exact) mass is 314 g/mol. The number of benzene rings is 1. The summed E-state index contributed by atoms with van der Waals surface area (Å²) >= 11 is 9.23. The van der Waals surface area contributed by atoms with Gasteiger partial charge in [0.2, 0.25) is 5.76 Å². The number of ether oxygens (including phenoxy) is 1. The molecule has 0 saturated heterocycles. The minimum atomic E-state index is -0.499. The van der Waals surface area contributed by atoms with Crippen molar-refractivity contribution < 1.29 is 13.9 Å². The van der Waals surface area contributed by atoms with Crippen LogP contribution in [0.4, 0.5) is 0 Å². The Bertz CT molecular complexity index is 563. The molecule has 0 bridgehead atoms. The second-order valence-corrected chi connectivity index (χ2v) is 4.57. The van der Waals surface area contributed by atoms with Gasteiger partial charge in [-0.15, -0.1) is 0 Å². The van der Waals surface area contributed by atoms with Gasteiger partial charge in [-0.2, -0.15) is 0 Å². The highest BCUT2D eigenvalue weighted by molar-refractivity contribution is 9.10. The first-order valence-electron chi connectivity index (χ1n) is 4.75. The molecule has 5 heteroatoms. The van der Waals surface area contributed by atoms with Gasteiger partial charge in [0.1, 0.15) is 5.76 Å². The Balaban J connectivity index is 2.40. The van der Waals surface area contributed by atoms with Crippen LogP contribution in [0.3, 0.4) is 0 Å². The Kier molecular flexibility index (Phi) is 3.54. The van der Waals surface area contributed by atoms with Crippen LogP contribution < -0.4 is 0 Å². The lowest BCUT2D eigenvalue weighted by Crippen LogP contribution is -1.98. The van der Waals surface area contributed by atoms with Gasteiger partial charge in [-0.3, -0.25) is 0 Å². The zero-order chi connectivity index (χ0) is 12.4. The zero-order valence-corrected chi connectivity index (χ0v) is 11.2. The molecule has 0 amide bonds. The number of methoxy groups -OCH3 is 1. The van der Waals surface area contributed by atoms with Crippen LogP contribution in [-0.4, -0.2) is 13.1 Å². The number of hydrogen-bond acceptors (Lipinski definition) is 3. The Morgan fingerprint density at radius 1 is 1.35 bits per heavy atom. The van der Waals surface area contributed by atoms with Gasteiger partial charge in [-0.25, -0.2) is 4.79 Å². The molecule has 1 heterocycles. The smallest absolute Gasteiger partial charge is 0.373 e. The van der Waals surface area contributed by atoms with Crippen LogP contribution in [0.15, 0.2) is 39.2 Å². The van der Waals surface area contributed by atoms with E-state index in [-0.39, 0.29) is 5.76 Å². The van der Waals surface area contributed by atoms with Crippen molar-refractivity contribution in [1.82, 2.24) is 0 Å². The highest BCUT2D eigenvalue weighted by Crippen LogP contribution is 2.31. The molecule has 0 aliphatic carbocycles. The molecule has 0 N–H and O–H groups in total. The number of furan rings is 1. The third-order valence-electron chi connectivity index (χ3n) is 2.19. The van der Waals surface area contributed by atoms with E-state index in [1.807, 2.05) is 6.07 Å². The van der Waals surface area contributed by atoms with Crippen LogP contribution in [0.25, 0.3) is 11.3 Å². The Morgan fingerprint density at radius 3 is 2.76 bits per heavy atom. The number of halogens is 2. The lowest BCUT2D eigenvalue weighted by atomic mass is 10.2. The van der Waals surface area contributed by atoms with E-state index in [1.54, 1.807) is 24.3 Å². The minimum Gasteiger partial charge on any atom is -0.463 e. The van der Waals surface area contributed by atoms with Crippen LogP contribution in [0, 0.1) is 0 Å². The van der Waals surface area contributed by atoms with Crippen molar-refractivity contribution in [3.63, 3.8) is 0 Å². The van der Waals surface area contributed by atoms with E-state index < -0.39 is 5.97 Å². The van der Waals surface area contributed by atoms with E-state index >= 15 is 0 Å². The van der Waals surface area contributed by atoms with E-state index in [9.17, 15) is 4.79 Å². The molecule has 17 heavy (non-hydrogen) atoms. The van der Waals surface area contributed by atoms with Crippen LogP contribution in [0.5, 0.6) is 0 Å². The van der Waals surface area contributed by atoms with Gasteiger partial charge in [0.25, 0.3) is 0 Å². The van der Waals surface area contributed by atoms with Crippen molar-refractivity contribution in [2.75, 3.05) is 7.11 Å². The van der Waals surface area contributed by atoms with Gasteiger partial charge < -0.3 is 9.15 Å². The van der Waals surface area contributed by atoms with Gasteiger partial charge in [-0.1, -0.05) is 11.6 Å². The molecule has 3 nitrogen and oxygen atoms in total. The summed E-state index contributed by atoms with van der Waals surface area (Å²) in [6.45, 7) is 0. The largest absolute Gasteiger partial charge is 0.463 e. The second-order valence-electron chi connectivity index (χ2n) is 3.28. The van der Waals surface area contributed by atoms with Gasteiger partial charge >= 0.3 is 5.97 Å². The van der Waals surface area contributed by atoms with Crippen LogP contribution in [-0.2, 0) is 4.74 Å². The molecule has 0 spiro atoms. The number of rotatable bonds is 2. The van der Waals surface area contributed by atoms with Crippen LogP contribution >= 0.6 is 27.5 Å². The fraction of sp³-hybridized carbons (Fsp3) is 0.0833. The fourth-order valence-corrected chi connectivity index (χ4v) is 2.26. The third-order valence-corrected chi connectivity index (χ3v) is 3.08. The van der Waals surface area contributed by atoms with E-state index in [2.05, 4.69) is 20.7 Å². The topological polar surface area (TPSA) is 39.4 Å². The first-order chi connectivity index (χ1) is 8.11. The first-order valence-corrected chi connectivity index (χ1v) is 5.92. The van der Waals surface area contributed by atoms with Crippen molar-refractivity contribution in [1.29, 1.82) is 0 Å². The predicted octanol–water partition coefficient (Wildman–Crippen LogP) is 4.15. The summed E-state index contributed by atoms with van der Waals surface area (Å²) < 4.78 is 10.8. The lowest BCUT2D eigenvalue weighted by molar-refractivity contribution is 0.0566. The van der Waals surface area contributed by atoms with Gasteiger partial charge in [0.15, 0.2) is 0 Å². The molecule has 0 radical (unpaired) electrons. The molecule has 2 rings (SSSR count). The maximum atomic E-state index is 11.2. The average molecular weight is 316 g/mol. The van der Waals surface area contributed by atoms with Crippen molar-refractivity contribution in [2.24, 2.45) is 0 Å². The van der Waals surface area contributed by atoms with E-state index in [4.69, 9.17) is 16.0 Å². The summed E-state index contributed by atoms with van der Waals surface area (Å²) in [6, 6.07) is 8.61. The molecule has 1 aromatic heterocycles. The van der Waals surface area contributed by atoms with E-state index in [0.717, 1.165) is 10.0 Å². The first kappa shape index (κ1) is 12.2. The lowest BCUT2D eigenvalue weighted by Gasteiger charge is -2.01. The number of carbonyl (C=O) groups excluding carboxylic acids is 1. The van der Waals surface area contributed by atoms with Crippen molar-refractivity contribution in [3.05, 3.63) is 45.6 Å². The molecule has 0 unspecified atom stereocenters. The van der Waals surface area contributed by atoms with Gasteiger partial charge in [0, 0.05) is 15.1 Å². The zero-order valence-electron chi connectivity index (χ0n) is 8.87. The predicted molar refractivity (Wildman–Crippen MR) is 68.2 cm³/mol. The number of esters is 1. The molecule has 0 aliphatic rings. The maximum Gasteiger partial charge on any atom is 0.373 e. The highest BCUT2D eigenvalue weighted by atomic mass is 79.9. The molecular formula is C12H8BrClO3. The van der Waals surface area contributed by atoms with Gasteiger partial charge in [-0.05, 0) is 46.3 Å². The van der Waals surface area contributed by atoms with Crippen LogP contribution in [0.2, 0.25) is 5.02 Å². The second kappa shape index (κ2) is 4.94. The number of carbonyl (C=O) groups is 1. The molecule has 88 valence electrons. The van der Waals surface area contributed by atoms with E-state index in [0.29, 0.717) is 10.8 Å². The van der Waals surface area contributed by atoms with E-state index in [1.165, 1.54) is 7.11 Å². The maximum absolute atomic E-state index is 11.2. The molecule has 0 saturated carbocycles. The summed E-state index contributed by atoms with van der Waals surface area (Å²) in [5.74, 6) is 0.250. The fourth-order valence-electron chi connectivity index (χ4n) is 1.38. The third kappa shape index (κ3) is 2.53. The summed E-state index contributed by atoms with van der Waals surface area (Å²) in [4.78, 5) is 11.2. The molecule has 0 fully saturated rings. The summed E-state index contributed by atoms with van der Waals surface area (Å²) in [7, 11) is 1.31. The van der Waals surface area contributed by atoms with Crippen LogP contribution in [0.1, 0.15) is 10.6 Å². The standard InChI is InChI=1S/C12H8BrClO3/c1-16-12(15)11-5-4-10(17-11)8-3-2-7(14)6-9(8)13/h2-6H,1H3. The van der Waals surface area contributed by atoms with Crippen molar-refractivity contribution in [3.8, 4) is 11.3 Å². The molecular weight excluding hydrogens is 307 g/mol. The minimum absolute atomic E-state index is 0.171. The molecule has 0 atom stereocenters. The number of hydrogen-bond donors (Lipinski definition) is 0. The normalized spacial score (nSPS) is 10.3. The summed E-state index contributed by atoms with van der Waals surface area (Å²) in [5, 5.41) is 0.625. The van der Waals surface area contributed by atoms with Gasteiger partial charge in [0.05, 0.1) is 7.11 Å². The summed E-state index contributed by atoms with van der Waals surface area (Å²) in [5.41, 5.74) is 0.824. The SMILES string of the molecule is COC(=O)c1ccc(-c2ccc(Cl)cc2Br)o1. The van der Waals surface area contributed by atoms with Crippen molar-refractivity contribution >= 4 is 33.5 Å². The molecule has 0 aliphatic heterocycles. The van der Waals surface area contributed by atoms with Crippen molar-refractivity contribution in [2.45, 2.75) is 0 Å². The Morgan fingerprint density at radius 2 is 2.12 bits per heavy atom. The quantitative estimate of drug-likeness (QED) is 0.782. The molecule has 2 aromatic rings. The highest BCUT2D eigenvalue weighted by Gasteiger charge is 2.13. The summed E-state index contributed by atoms with van der Waals surface area (Å²) in [6.07, 6.45) is 0. The molecule has 1 aromatic carbocycles. The average Bonchev–Trinajstić information content (AvgIpc) is 2.77. The Hall–Kier alpha value is -1.26. The Labute approximate surface area is 111 Å².